The van der Waals surface area contributed by atoms with Crippen LogP contribution in [-0.2, 0) is 4.74 Å². The van der Waals surface area contributed by atoms with Gasteiger partial charge in [0, 0.05) is 5.69 Å². The van der Waals surface area contributed by atoms with Crippen LogP contribution in [0.2, 0.25) is 5.02 Å². The van der Waals surface area contributed by atoms with E-state index in [1.54, 1.807) is 20.8 Å². The Morgan fingerprint density at radius 1 is 1.44 bits per heavy atom. The minimum Gasteiger partial charge on any atom is -0.444 e. The summed E-state index contributed by atoms with van der Waals surface area (Å²) in [5.74, 6) is -0.531. The summed E-state index contributed by atoms with van der Waals surface area (Å²) in [5, 5.41) is 2.41. The van der Waals surface area contributed by atoms with Gasteiger partial charge in [0.1, 0.15) is 11.4 Å². The van der Waals surface area contributed by atoms with Gasteiger partial charge in [-0.15, -0.1) is 0 Å². The predicted octanol–water partition coefficient (Wildman–Crippen LogP) is 3.83. The third-order valence-electron chi connectivity index (χ3n) is 1.56. The van der Waals surface area contributed by atoms with E-state index in [-0.39, 0.29) is 5.02 Å². The van der Waals surface area contributed by atoms with Gasteiger partial charge >= 0.3 is 6.09 Å². The van der Waals surface area contributed by atoms with Crippen molar-refractivity contribution < 1.29 is 13.9 Å². The lowest BCUT2D eigenvalue weighted by Gasteiger charge is -2.19. The third-order valence-corrected chi connectivity index (χ3v) is 1.85. The van der Waals surface area contributed by atoms with E-state index in [1.165, 1.54) is 18.2 Å². The molecule has 0 aliphatic carbocycles. The zero-order chi connectivity index (χ0) is 12.3. The van der Waals surface area contributed by atoms with Gasteiger partial charge in [-0.2, -0.15) is 0 Å². The van der Waals surface area contributed by atoms with Crippen molar-refractivity contribution in [3.63, 3.8) is 0 Å². The molecule has 1 N–H and O–H groups in total. The van der Waals surface area contributed by atoms with Crippen molar-refractivity contribution in [2.75, 3.05) is 5.32 Å². The SMILES string of the molecule is CC(C)(C)OC(=O)Nc1ccc(F)c(Cl)c1. The lowest BCUT2D eigenvalue weighted by molar-refractivity contribution is 0.0636. The summed E-state index contributed by atoms with van der Waals surface area (Å²) in [6, 6.07) is 3.90. The van der Waals surface area contributed by atoms with Crippen molar-refractivity contribution in [1.29, 1.82) is 0 Å². The van der Waals surface area contributed by atoms with Crippen LogP contribution in [0.5, 0.6) is 0 Å². The zero-order valence-electron chi connectivity index (χ0n) is 9.30. The van der Waals surface area contributed by atoms with Gasteiger partial charge in [0.15, 0.2) is 0 Å². The zero-order valence-corrected chi connectivity index (χ0v) is 10.1. The number of rotatable bonds is 1. The number of carbonyl (C=O) groups is 1. The molecular formula is C11H13ClFNO2. The highest BCUT2D eigenvalue weighted by Crippen LogP contribution is 2.20. The highest BCUT2D eigenvalue weighted by Gasteiger charge is 2.16. The Morgan fingerprint density at radius 2 is 2.06 bits per heavy atom. The van der Waals surface area contributed by atoms with Gasteiger partial charge in [0.2, 0.25) is 0 Å². The van der Waals surface area contributed by atoms with Crippen molar-refractivity contribution in [2.45, 2.75) is 26.4 Å². The van der Waals surface area contributed by atoms with Crippen molar-refractivity contribution in [3.8, 4) is 0 Å². The van der Waals surface area contributed by atoms with E-state index in [2.05, 4.69) is 5.32 Å². The van der Waals surface area contributed by atoms with E-state index in [1.807, 2.05) is 0 Å². The fraction of sp³-hybridized carbons (Fsp3) is 0.364. The normalized spacial score (nSPS) is 11.1. The van der Waals surface area contributed by atoms with Gasteiger partial charge < -0.3 is 4.74 Å². The first-order valence-electron chi connectivity index (χ1n) is 4.73. The number of carbonyl (C=O) groups excluding carboxylic acids is 1. The van der Waals surface area contributed by atoms with E-state index in [0.29, 0.717) is 5.69 Å². The topological polar surface area (TPSA) is 38.3 Å². The standard InChI is InChI=1S/C11H13ClFNO2/c1-11(2,3)16-10(15)14-7-4-5-9(13)8(12)6-7/h4-6H,1-3H3,(H,14,15). The molecule has 1 aromatic carbocycles. The molecular weight excluding hydrogens is 233 g/mol. The Kier molecular flexibility index (Phi) is 3.75. The smallest absolute Gasteiger partial charge is 0.412 e. The van der Waals surface area contributed by atoms with Crippen LogP contribution in [0.3, 0.4) is 0 Å². The number of hydrogen-bond donors (Lipinski definition) is 1. The van der Waals surface area contributed by atoms with Gasteiger partial charge in [0.05, 0.1) is 5.02 Å². The van der Waals surface area contributed by atoms with Gasteiger partial charge in [-0.3, -0.25) is 5.32 Å². The van der Waals surface area contributed by atoms with Crippen LogP contribution in [0.25, 0.3) is 0 Å². The van der Waals surface area contributed by atoms with Crippen LogP contribution in [0.15, 0.2) is 18.2 Å². The summed E-state index contributed by atoms with van der Waals surface area (Å²) in [7, 11) is 0. The molecule has 0 saturated heterocycles. The minimum absolute atomic E-state index is 0.0476. The summed E-state index contributed by atoms with van der Waals surface area (Å²) >= 11 is 5.56. The molecule has 0 radical (unpaired) electrons. The monoisotopic (exact) mass is 245 g/mol. The van der Waals surface area contributed by atoms with E-state index in [4.69, 9.17) is 16.3 Å². The van der Waals surface area contributed by atoms with E-state index < -0.39 is 17.5 Å². The Balaban J connectivity index is 2.67. The predicted molar refractivity (Wildman–Crippen MR) is 61.3 cm³/mol. The Bertz CT molecular complexity index is 401. The number of halogens is 2. The number of hydrogen-bond acceptors (Lipinski definition) is 2. The molecule has 16 heavy (non-hydrogen) atoms. The lowest BCUT2D eigenvalue weighted by atomic mass is 10.2. The molecule has 0 aliphatic heterocycles. The van der Waals surface area contributed by atoms with Crippen LogP contribution in [0.4, 0.5) is 14.9 Å². The minimum atomic E-state index is -0.602. The van der Waals surface area contributed by atoms with Crippen molar-refractivity contribution in [3.05, 3.63) is 29.0 Å². The second kappa shape index (κ2) is 4.70. The molecule has 0 atom stereocenters. The Morgan fingerprint density at radius 3 is 2.56 bits per heavy atom. The molecule has 3 nitrogen and oxygen atoms in total. The summed E-state index contributed by atoms with van der Waals surface area (Å²) in [6.07, 6.45) is -0.602. The van der Waals surface area contributed by atoms with E-state index in [0.717, 1.165) is 0 Å². The van der Waals surface area contributed by atoms with Crippen LogP contribution >= 0.6 is 11.6 Å². The average Bonchev–Trinajstić information content (AvgIpc) is 2.08. The molecule has 1 amide bonds. The maximum absolute atomic E-state index is 12.8. The summed E-state index contributed by atoms with van der Waals surface area (Å²) < 4.78 is 17.9. The van der Waals surface area contributed by atoms with Crippen molar-refractivity contribution in [1.82, 2.24) is 0 Å². The highest BCUT2D eigenvalue weighted by molar-refractivity contribution is 6.31. The molecule has 0 bridgehead atoms. The van der Waals surface area contributed by atoms with Crippen LogP contribution in [0.1, 0.15) is 20.8 Å². The number of anilines is 1. The largest absolute Gasteiger partial charge is 0.444 e. The molecule has 0 spiro atoms. The number of nitrogens with one attached hydrogen (secondary N) is 1. The van der Waals surface area contributed by atoms with Gasteiger partial charge in [-0.1, -0.05) is 11.6 Å². The van der Waals surface area contributed by atoms with Crippen LogP contribution in [-0.4, -0.2) is 11.7 Å². The first kappa shape index (κ1) is 12.8. The molecule has 1 aromatic rings. The van der Waals surface area contributed by atoms with Crippen LogP contribution in [0, 0.1) is 5.82 Å². The third kappa shape index (κ3) is 4.06. The Labute approximate surface area is 98.5 Å². The average molecular weight is 246 g/mol. The molecule has 88 valence electrons. The number of ether oxygens (including phenoxy) is 1. The molecule has 5 heteroatoms. The fourth-order valence-corrected chi connectivity index (χ4v) is 1.18. The summed E-state index contributed by atoms with van der Waals surface area (Å²) in [6.45, 7) is 5.26. The quantitative estimate of drug-likeness (QED) is 0.817. The van der Waals surface area contributed by atoms with Crippen LogP contribution < -0.4 is 5.32 Å². The highest BCUT2D eigenvalue weighted by atomic mass is 35.5. The van der Waals surface area contributed by atoms with E-state index >= 15 is 0 Å². The molecule has 0 aromatic heterocycles. The maximum atomic E-state index is 12.8. The molecule has 0 unspecified atom stereocenters. The first-order valence-corrected chi connectivity index (χ1v) is 5.11. The number of amides is 1. The maximum Gasteiger partial charge on any atom is 0.412 e. The Hall–Kier alpha value is -1.29. The molecule has 0 saturated carbocycles. The van der Waals surface area contributed by atoms with E-state index in [9.17, 15) is 9.18 Å². The summed E-state index contributed by atoms with van der Waals surface area (Å²) in [4.78, 5) is 11.4. The molecule has 1 rings (SSSR count). The first-order chi connectivity index (χ1) is 7.28. The van der Waals surface area contributed by atoms with Crippen molar-refractivity contribution in [2.24, 2.45) is 0 Å². The van der Waals surface area contributed by atoms with Gasteiger partial charge in [0.25, 0.3) is 0 Å². The molecule has 0 fully saturated rings. The molecule has 0 aliphatic rings. The van der Waals surface area contributed by atoms with Crippen molar-refractivity contribution >= 4 is 23.4 Å². The van der Waals surface area contributed by atoms with Gasteiger partial charge in [-0.25, -0.2) is 9.18 Å². The fourth-order valence-electron chi connectivity index (χ4n) is 0.995. The number of benzene rings is 1. The lowest BCUT2D eigenvalue weighted by Crippen LogP contribution is -2.27. The second-order valence-electron chi connectivity index (χ2n) is 4.26. The second-order valence-corrected chi connectivity index (χ2v) is 4.66. The van der Waals surface area contributed by atoms with Gasteiger partial charge in [-0.05, 0) is 39.0 Å². The molecule has 0 heterocycles. The summed E-state index contributed by atoms with van der Waals surface area (Å²) in [5.41, 5.74) is -0.186.